The average Bonchev–Trinajstić information content (AvgIpc) is 2.74. The van der Waals surface area contributed by atoms with Crippen LogP contribution in [0.5, 0.6) is 0 Å². The van der Waals surface area contributed by atoms with E-state index in [1.54, 1.807) is 18.2 Å². The van der Waals surface area contributed by atoms with E-state index in [2.05, 4.69) is 4.98 Å². The number of aromatic amines is 1. The van der Waals surface area contributed by atoms with Gasteiger partial charge >= 0.3 is 0 Å². The zero-order chi connectivity index (χ0) is 16.3. The highest BCUT2D eigenvalue weighted by atomic mass is 32.1. The Morgan fingerprint density at radius 2 is 1.70 bits per heavy atom. The average molecular weight is 327 g/mol. The molecular weight excluding hydrogens is 318 g/mol. The van der Waals surface area contributed by atoms with E-state index < -0.39 is 4.92 Å². The second kappa shape index (κ2) is 4.50. The molecule has 0 saturated heterocycles. The number of rotatable bonds is 1. The molecule has 0 amide bonds. The molecular formula is C15H9N3O4S. The number of benzene rings is 2. The van der Waals surface area contributed by atoms with E-state index in [1.807, 2.05) is 0 Å². The predicted octanol–water partition coefficient (Wildman–Crippen LogP) is 2.50. The van der Waals surface area contributed by atoms with Crippen LogP contribution in [0.2, 0.25) is 0 Å². The number of nitro benzene ring substituents is 1. The van der Waals surface area contributed by atoms with Gasteiger partial charge in [-0.25, -0.2) is 0 Å². The van der Waals surface area contributed by atoms with Crippen LogP contribution < -0.4 is 11.1 Å². The molecule has 2 heterocycles. The first-order chi connectivity index (χ1) is 11.0. The first-order valence-electron chi connectivity index (χ1n) is 6.69. The minimum Gasteiger partial charge on any atom is -0.353 e. The molecule has 0 fully saturated rings. The molecule has 0 atom stereocenters. The molecule has 4 rings (SSSR count). The molecule has 8 heteroatoms. The van der Waals surface area contributed by atoms with Crippen LogP contribution in [0.3, 0.4) is 0 Å². The van der Waals surface area contributed by atoms with Crippen LogP contribution in [0.4, 0.5) is 5.69 Å². The summed E-state index contributed by atoms with van der Waals surface area (Å²) < 4.78 is 2.55. The fourth-order valence-corrected chi connectivity index (χ4v) is 3.69. The number of nitro groups is 1. The fraction of sp³-hybridized carbons (Fsp3) is 0.0667. The third kappa shape index (κ3) is 1.88. The van der Waals surface area contributed by atoms with Crippen molar-refractivity contribution in [3.63, 3.8) is 0 Å². The lowest BCUT2D eigenvalue weighted by Crippen LogP contribution is -2.20. The third-order valence-corrected chi connectivity index (χ3v) is 4.97. The van der Waals surface area contributed by atoms with Crippen LogP contribution in [-0.4, -0.2) is 14.5 Å². The SMILES string of the molecule is Cn1c(=O)c2cc3[nH]c4ccc([N+](=O)[O-])cc4sc3cc2c1=O. The Bertz CT molecular complexity index is 1250. The molecule has 0 saturated carbocycles. The van der Waals surface area contributed by atoms with Crippen molar-refractivity contribution in [3.05, 3.63) is 61.2 Å². The van der Waals surface area contributed by atoms with Crippen molar-refractivity contribution < 1.29 is 4.92 Å². The molecule has 114 valence electrons. The lowest BCUT2D eigenvalue weighted by Gasteiger charge is -2.03. The number of fused-ring (bicyclic) bond motifs is 3. The Balaban J connectivity index is 2.14. The van der Waals surface area contributed by atoms with Gasteiger partial charge in [-0.1, -0.05) is 0 Å². The number of hydrogen-bond acceptors (Lipinski definition) is 5. The first-order valence-corrected chi connectivity index (χ1v) is 7.51. The molecule has 7 nitrogen and oxygen atoms in total. The van der Waals surface area contributed by atoms with Crippen LogP contribution in [0.1, 0.15) is 0 Å². The monoisotopic (exact) mass is 327 g/mol. The van der Waals surface area contributed by atoms with Gasteiger partial charge in [-0.05, 0) is 18.2 Å². The van der Waals surface area contributed by atoms with Crippen LogP contribution in [0, 0.1) is 10.1 Å². The van der Waals surface area contributed by atoms with Crippen LogP contribution in [0.15, 0.2) is 39.9 Å². The summed E-state index contributed by atoms with van der Waals surface area (Å²) in [5.74, 6) is 0. The minimum atomic E-state index is -0.448. The van der Waals surface area contributed by atoms with Gasteiger partial charge in [0.15, 0.2) is 0 Å². The summed E-state index contributed by atoms with van der Waals surface area (Å²) >= 11 is 1.34. The molecule has 0 spiro atoms. The smallest absolute Gasteiger partial charge is 0.270 e. The lowest BCUT2D eigenvalue weighted by molar-refractivity contribution is -0.384. The lowest BCUT2D eigenvalue weighted by atomic mass is 10.2. The normalized spacial score (nSPS) is 11.5. The molecule has 23 heavy (non-hydrogen) atoms. The van der Waals surface area contributed by atoms with E-state index in [4.69, 9.17) is 0 Å². The van der Waals surface area contributed by atoms with E-state index in [0.717, 1.165) is 14.8 Å². The topological polar surface area (TPSA) is 98.0 Å². The number of non-ortho nitro benzene ring substituents is 1. The van der Waals surface area contributed by atoms with Crippen LogP contribution >= 0.6 is 11.3 Å². The second-order valence-corrected chi connectivity index (χ2v) is 6.31. The Hall–Kier alpha value is -3.00. The van der Waals surface area contributed by atoms with Gasteiger partial charge in [0.2, 0.25) is 0 Å². The quantitative estimate of drug-likeness (QED) is 0.330. The molecule has 0 aliphatic carbocycles. The number of nitrogens with zero attached hydrogens (tertiary/aromatic N) is 2. The Morgan fingerprint density at radius 1 is 1.04 bits per heavy atom. The van der Waals surface area contributed by atoms with E-state index in [0.29, 0.717) is 21.0 Å². The van der Waals surface area contributed by atoms with Crippen molar-refractivity contribution in [2.24, 2.45) is 7.05 Å². The van der Waals surface area contributed by atoms with E-state index in [9.17, 15) is 19.7 Å². The highest BCUT2D eigenvalue weighted by Gasteiger charge is 2.13. The molecule has 0 aliphatic heterocycles. The molecule has 0 unspecified atom stereocenters. The fourth-order valence-electron chi connectivity index (χ4n) is 2.65. The number of nitrogens with one attached hydrogen (secondary N) is 1. The van der Waals surface area contributed by atoms with Crippen molar-refractivity contribution in [2.45, 2.75) is 0 Å². The summed E-state index contributed by atoms with van der Waals surface area (Å²) in [5, 5.41) is 11.6. The molecule has 1 N–H and O–H groups in total. The van der Waals surface area contributed by atoms with E-state index in [1.165, 1.54) is 30.5 Å². The number of H-pyrrole nitrogens is 1. The maximum absolute atomic E-state index is 12.1. The zero-order valence-corrected chi connectivity index (χ0v) is 12.6. The molecule has 0 aliphatic rings. The second-order valence-electron chi connectivity index (χ2n) is 5.23. The van der Waals surface area contributed by atoms with Crippen molar-refractivity contribution in [2.75, 3.05) is 0 Å². The van der Waals surface area contributed by atoms with Crippen LogP contribution in [-0.2, 0) is 7.05 Å². The number of aromatic nitrogens is 2. The summed E-state index contributed by atoms with van der Waals surface area (Å²) in [6, 6.07) is 7.87. The summed E-state index contributed by atoms with van der Waals surface area (Å²) in [6.07, 6.45) is 0. The Kier molecular flexibility index (Phi) is 2.67. The van der Waals surface area contributed by atoms with Gasteiger partial charge in [0.1, 0.15) is 0 Å². The predicted molar refractivity (Wildman–Crippen MR) is 89.4 cm³/mol. The molecule has 0 radical (unpaired) electrons. The number of hydrogen-bond donors (Lipinski definition) is 1. The first kappa shape index (κ1) is 13.6. The summed E-state index contributed by atoms with van der Waals surface area (Å²) in [7, 11) is 1.45. The van der Waals surface area contributed by atoms with Gasteiger partial charge in [-0.3, -0.25) is 24.3 Å². The van der Waals surface area contributed by atoms with E-state index in [-0.39, 0.29) is 16.8 Å². The van der Waals surface area contributed by atoms with Gasteiger partial charge < -0.3 is 4.98 Å². The largest absolute Gasteiger partial charge is 0.353 e. The van der Waals surface area contributed by atoms with Crippen molar-refractivity contribution in [1.82, 2.24) is 9.55 Å². The van der Waals surface area contributed by atoms with Gasteiger partial charge in [0, 0.05) is 19.2 Å². The zero-order valence-electron chi connectivity index (χ0n) is 11.8. The highest BCUT2D eigenvalue weighted by molar-refractivity contribution is 7.24. The highest BCUT2D eigenvalue weighted by Crippen LogP contribution is 2.30. The summed E-state index contributed by atoms with van der Waals surface area (Å²) in [6.45, 7) is 0. The molecule has 2 aromatic carbocycles. The maximum Gasteiger partial charge on any atom is 0.270 e. The maximum atomic E-state index is 12.1. The van der Waals surface area contributed by atoms with Gasteiger partial charge in [-0.15, -0.1) is 11.3 Å². The van der Waals surface area contributed by atoms with Crippen molar-refractivity contribution in [3.8, 4) is 0 Å². The van der Waals surface area contributed by atoms with Crippen molar-refractivity contribution in [1.29, 1.82) is 0 Å². The Labute approximate surface area is 131 Å². The Morgan fingerprint density at radius 3 is 2.39 bits per heavy atom. The molecule has 0 bridgehead atoms. The molecule has 2 aromatic heterocycles. The molecule has 4 aromatic rings. The van der Waals surface area contributed by atoms with Gasteiger partial charge in [0.05, 0.1) is 36.1 Å². The summed E-state index contributed by atoms with van der Waals surface area (Å²) in [5.41, 5.74) is 0.797. The van der Waals surface area contributed by atoms with Gasteiger partial charge in [0.25, 0.3) is 16.8 Å². The standard InChI is InChI=1S/C15H9N3O4S/c1-17-14(19)8-5-11-13(6-9(8)15(17)20)23-12-4-7(18(21)22)2-3-10(12)16-11/h2-6,16H,1H3. The van der Waals surface area contributed by atoms with Gasteiger partial charge in [-0.2, -0.15) is 0 Å². The van der Waals surface area contributed by atoms with E-state index >= 15 is 0 Å². The third-order valence-electron chi connectivity index (χ3n) is 3.86. The summed E-state index contributed by atoms with van der Waals surface area (Å²) in [4.78, 5) is 37.7. The van der Waals surface area contributed by atoms with Crippen molar-refractivity contribution >= 4 is 48.2 Å². The minimum absolute atomic E-state index is 0.00801. The van der Waals surface area contributed by atoms with Crippen LogP contribution in [0.25, 0.3) is 31.2 Å².